The molecule has 29 heavy (non-hydrogen) atoms. The fraction of sp³-hybridized carbons (Fsp3) is 0.381. The number of rotatable bonds is 6. The number of hydrogen-bond donors (Lipinski definition) is 1. The number of halogens is 1. The average molecular weight is 415 g/mol. The van der Waals surface area contributed by atoms with E-state index in [0.717, 1.165) is 48.4 Å². The SMILES string of the molecule is O=C(NCCC1CCN(c2ccc3ccc(F)cc3n2)CC1)OCc1cncs1. The Morgan fingerprint density at radius 1 is 1.28 bits per heavy atom. The molecule has 0 radical (unpaired) electrons. The van der Waals surface area contributed by atoms with Crippen LogP contribution in [-0.4, -0.2) is 35.7 Å². The summed E-state index contributed by atoms with van der Waals surface area (Å²) in [6, 6.07) is 8.68. The molecule has 0 bridgehead atoms. The third-order valence-corrected chi connectivity index (χ3v) is 5.98. The number of carbonyl (C=O) groups excluding carboxylic acids is 1. The molecule has 152 valence electrons. The average Bonchev–Trinajstić information content (AvgIpc) is 3.26. The Morgan fingerprint density at radius 3 is 2.90 bits per heavy atom. The number of hydrogen-bond acceptors (Lipinski definition) is 6. The standard InChI is InChI=1S/C21H23FN4O2S/c22-17-3-1-16-2-4-20(25-19(16)11-17)26-9-6-15(7-10-26)5-8-24-21(27)28-13-18-12-23-14-29-18/h1-4,11-12,14-15H,5-10,13H2,(H,24,27). The number of fused-ring (bicyclic) bond motifs is 1. The van der Waals surface area contributed by atoms with Crippen molar-refractivity contribution in [1.29, 1.82) is 0 Å². The molecule has 1 amide bonds. The van der Waals surface area contributed by atoms with Gasteiger partial charge >= 0.3 is 6.09 Å². The molecule has 0 atom stereocenters. The fourth-order valence-corrected chi connectivity index (χ4v) is 4.09. The van der Waals surface area contributed by atoms with Crippen LogP contribution in [0.1, 0.15) is 24.1 Å². The third-order valence-electron chi connectivity index (χ3n) is 5.23. The topological polar surface area (TPSA) is 67.4 Å². The van der Waals surface area contributed by atoms with E-state index in [0.29, 0.717) is 18.0 Å². The molecule has 1 aliphatic heterocycles. The van der Waals surface area contributed by atoms with Gasteiger partial charge in [-0.05, 0) is 49.4 Å². The second kappa shape index (κ2) is 9.17. The molecule has 6 nitrogen and oxygen atoms in total. The largest absolute Gasteiger partial charge is 0.444 e. The number of anilines is 1. The first-order chi connectivity index (χ1) is 14.2. The number of alkyl carbamates (subject to hydrolysis) is 1. The summed E-state index contributed by atoms with van der Waals surface area (Å²) in [5.74, 6) is 1.19. The summed E-state index contributed by atoms with van der Waals surface area (Å²) in [7, 11) is 0. The number of amides is 1. The van der Waals surface area contributed by atoms with E-state index < -0.39 is 0 Å². The minimum Gasteiger partial charge on any atom is -0.444 e. The van der Waals surface area contributed by atoms with Crippen molar-refractivity contribution >= 4 is 34.2 Å². The van der Waals surface area contributed by atoms with Crippen LogP contribution in [0.15, 0.2) is 42.0 Å². The van der Waals surface area contributed by atoms with Gasteiger partial charge in [0.05, 0.1) is 15.9 Å². The van der Waals surface area contributed by atoms with E-state index in [1.165, 1.54) is 23.5 Å². The highest BCUT2D eigenvalue weighted by Gasteiger charge is 2.20. The summed E-state index contributed by atoms with van der Waals surface area (Å²) in [6.45, 7) is 2.69. The first-order valence-electron chi connectivity index (χ1n) is 9.76. The summed E-state index contributed by atoms with van der Waals surface area (Å²) in [6.07, 6.45) is 4.33. The van der Waals surface area contributed by atoms with E-state index in [9.17, 15) is 9.18 Å². The molecule has 1 N–H and O–H groups in total. The van der Waals surface area contributed by atoms with Crippen LogP contribution >= 0.6 is 11.3 Å². The van der Waals surface area contributed by atoms with Crippen molar-refractivity contribution in [1.82, 2.24) is 15.3 Å². The first-order valence-corrected chi connectivity index (χ1v) is 10.6. The highest BCUT2D eigenvalue weighted by Crippen LogP contribution is 2.25. The Morgan fingerprint density at radius 2 is 2.10 bits per heavy atom. The number of carbonyl (C=O) groups is 1. The van der Waals surface area contributed by atoms with Crippen LogP contribution in [0.4, 0.5) is 15.0 Å². The van der Waals surface area contributed by atoms with Gasteiger partial charge in [0, 0.05) is 37.3 Å². The lowest BCUT2D eigenvalue weighted by Crippen LogP contribution is -2.35. The summed E-state index contributed by atoms with van der Waals surface area (Å²) in [4.78, 5) is 23.5. The fourth-order valence-electron chi connectivity index (χ4n) is 3.59. The summed E-state index contributed by atoms with van der Waals surface area (Å²) < 4.78 is 18.6. The van der Waals surface area contributed by atoms with Crippen LogP contribution in [-0.2, 0) is 11.3 Å². The molecule has 0 unspecified atom stereocenters. The normalized spacial score (nSPS) is 14.9. The quantitative estimate of drug-likeness (QED) is 0.649. The maximum absolute atomic E-state index is 13.5. The summed E-state index contributed by atoms with van der Waals surface area (Å²) in [5, 5.41) is 3.77. The van der Waals surface area contributed by atoms with Crippen molar-refractivity contribution < 1.29 is 13.9 Å². The number of nitrogens with zero attached hydrogens (tertiary/aromatic N) is 3. The van der Waals surface area contributed by atoms with Crippen molar-refractivity contribution in [2.45, 2.75) is 25.9 Å². The Balaban J connectivity index is 1.20. The van der Waals surface area contributed by atoms with Crippen molar-refractivity contribution in [3.8, 4) is 0 Å². The number of thiazole rings is 1. The lowest BCUT2D eigenvalue weighted by molar-refractivity contribution is 0.140. The van der Waals surface area contributed by atoms with Gasteiger partial charge in [-0.25, -0.2) is 14.2 Å². The lowest BCUT2D eigenvalue weighted by Gasteiger charge is -2.33. The van der Waals surface area contributed by atoms with Gasteiger partial charge in [0.2, 0.25) is 0 Å². The number of pyridine rings is 1. The van der Waals surface area contributed by atoms with Crippen LogP contribution < -0.4 is 10.2 Å². The molecule has 2 aromatic heterocycles. The van der Waals surface area contributed by atoms with E-state index in [4.69, 9.17) is 4.74 Å². The molecule has 8 heteroatoms. The molecular formula is C21H23FN4O2S. The minimum absolute atomic E-state index is 0.261. The maximum Gasteiger partial charge on any atom is 0.407 e. The Bertz CT molecular complexity index is 958. The van der Waals surface area contributed by atoms with Crippen LogP contribution in [0.2, 0.25) is 0 Å². The Hall–Kier alpha value is -2.74. The molecule has 1 aromatic carbocycles. The van der Waals surface area contributed by atoms with Gasteiger partial charge < -0.3 is 15.0 Å². The second-order valence-electron chi connectivity index (χ2n) is 7.20. The predicted octanol–water partition coefficient (Wildman–Crippen LogP) is 4.36. The van der Waals surface area contributed by atoms with Gasteiger partial charge in [0.1, 0.15) is 18.2 Å². The van der Waals surface area contributed by atoms with E-state index >= 15 is 0 Å². The summed E-state index contributed by atoms with van der Waals surface area (Å²) in [5.41, 5.74) is 2.40. The lowest BCUT2D eigenvalue weighted by atomic mass is 9.93. The zero-order chi connectivity index (χ0) is 20.1. The van der Waals surface area contributed by atoms with E-state index in [1.54, 1.807) is 17.8 Å². The second-order valence-corrected chi connectivity index (χ2v) is 8.17. The zero-order valence-corrected chi connectivity index (χ0v) is 16.8. The van der Waals surface area contributed by atoms with Crippen molar-refractivity contribution in [3.63, 3.8) is 0 Å². The van der Waals surface area contributed by atoms with E-state index in [1.807, 2.05) is 12.1 Å². The molecule has 0 saturated carbocycles. The predicted molar refractivity (Wildman–Crippen MR) is 112 cm³/mol. The third kappa shape index (κ3) is 5.20. The molecule has 4 rings (SSSR count). The molecular weight excluding hydrogens is 391 g/mol. The number of ether oxygens (including phenoxy) is 1. The molecule has 0 aliphatic carbocycles. The highest BCUT2D eigenvalue weighted by molar-refractivity contribution is 7.09. The van der Waals surface area contributed by atoms with Crippen LogP contribution in [0, 0.1) is 11.7 Å². The molecule has 1 saturated heterocycles. The highest BCUT2D eigenvalue weighted by atomic mass is 32.1. The van der Waals surface area contributed by atoms with Crippen LogP contribution in [0.25, 0.3) is 10.9 Å². The molecule has 3 aromatic rings. The number of aromatic nitrogens is 2. The van der Waals surface area contributed by atoms with Gasteiger partial charge in [0.15, 0.2) is 0 Å². The Kier molecular flexibility index (Phi) is 6.19. The van der Waals surface area contributed by atoms with Crippen molar-refractivity contribution in [2.24, 2.45) is 5.92 Å². The van der Waals surface area contributed by atoms with Crippen molar-refractivity contribution in [3.05, 3.63) is 52.7 Å². The van der Waals surface area contributed by atoms with Crippen LogP contribution in [0.3, 0.4) is 0 Å². The first kappa shape index (κ1) is 19.6. The molecule has 0 spiro atoms. The monoisotopic (exact) mass is 414 g/mol. The number of benzene rings is 1. The Labute approximate surface area is 172 Å². The van der Waals surface area contributed by atoms with E-state index in [-0.39, 0.29) is 18.5 Å². The smallest absolute Gasteiger partial charge is 0.407 e. The van der Waals surface area contributed by atoms with Gasteiger partial charge in [0.25, 0.3) is 0 Å². The van der Waals surface area contributed by atoms with Gasteiger partial charge in [-0.3, -0.25) is 4.98 Å². The van der Waals surface area contributed by atoms with Gasteiger partial charge in [-0.2, -0.15) is 0 Å². The van der Waals surface area contributed by atoms with E-state index in [2.05, 4.69) is 20.2 Å². The molecule has 1 aliphatic rings. The maximum atomic E-state index is 13.5. The number of piperidine rings is 1. The zero-order valence-electron chi connectivity index (χ0n) is 16.0. The van der Waals surface area contributed by atoms with Crippen molar-refractivity contribution in [2.75, 3.05) is 24.5 Å². The van der Waals surface area contributed by atoms with Gasteiger partial charge in [-0.15, -0.1) is 11.3 Å². The van der Waals surface area contributed by atoms with Gasteiger partial charge in [-0.1, -0.05) is 0 Å². The molecule has 1 fully saturated rings. The molecule has 3 heterocycles. The number of nitrogens with one attached hydrogen (secondary N) is 1. The van der Waals surface area contributed by atoms with Crippen LogP contribution in [0.5, 0.6) is 0 Å². The minimum atomic E-state index is -0.386. The summed E-state index contributed by atoms with van der Waals surface area (Å²) >= 11 is 1.47.